The number of nitrogens with one attached hydrogen (secondary N) is 1. The number of oxazole rings is 1. The fourth-order valence-corrected chi connectivity index (χ4v) is 6.74. The zero-order valence-electron chi connectivity index (χ0n) is 22.9. The zero-order chi connectivity index (χ0) is 29.9. The molecule has 1 atom stereocenters. The molecule has 10 nitrogen and oxygen atoms in total. The standard InChI is InChI=1S/C27H28F2N4O6S2/c1-15-12-40-23(30-15)31-41(36,37)17-10-20(28)22-21(11-17)38-25(35)33(22)16(2)18-8-6-7-9-19(18)27(29)13-32(14-27)24(34)39-26(3,4)5/h6-12,16H,13-14H2,1-5H3,(H,30,31). The zero-order valence-corrected chi connectivity index (χ0v) is 24.5. The molecule has 1 aliphatic rings. The summed E-state index contributed by atoms with van der Waals surface area (Å²) in [5.41, 5.74) is -1.99. The van der Waals surface area contributed by atoms with E-state index in [1.807, 2.05) is 0 Å². The van der Waals surface area contributed by atoms with Crippen LogP contribution in [-0.4, -0.2) is 47.7 Å². The number of ether oxygens (including phenoxy) is 1. The number of halogens is 2. The lowest BCUT2D eigenvalue weighted by atomic mass is 9.83. The maximum absolute atomic E-state index is 16.1. The van der Waals surface area contributed by atoms with Gasteiger partial charge in [-0.3, -0.25) is 9.29 Å². The molecule has 0 aliphatic carbocycles. The number of carbonyl (C=O) groups is 1. The van der Waals surface area contributed by atoms with Gasteiger partial charge in [0.15, 0.2) is 22.2 Å². The van der Waals surface area contributed by atoms with E-state index >= 15 is 8.78 Å². The number of hydrogen-bond acceptors (Lipinski definition) is 8. The molecule has 3 heterocycles. The summed E-state index contributed by atoms with van der Waals surface area (Å²) in [5, 5.41) is 1.76. The summed E-state index contributed by atoms with van der Waals surface area (Å²) in [7, 11) is -4.24. The third kappa shape index (κ3) is 5.45. The Bertz CT molecular complexity index is 1820. The topological polar surface area (TPSA) is 124 Å². The van der Waals surface area contributed by atoms with Crippen LogP contribution >= 0.6 is 11.3 Å². The Morgan fingerprint density at radius 3 is 2.56 bits per heavy atom. The van der Waals surface area contributed by atoms with Gasteiger partial charge in [0.25, 0.3) is 10.0 Å². The summed E-state index contributed by atoms with van der Waals surface area (Å²) in [6.07, 6.45) is -0.638. The Kier molecular flexibility index (Phi) is 6.97. The number of aryl methyl sites for hydroxylation is 1. The number of anilines is 1. The highest BCUT2D eigenvalue weighted by atomic mass is 32.2. The third-order valence-electron chi connectivity index (χ3n) is 6.60. The van der Waals surface area contributed by atoms with E-state index in [4.69, 9.17) is 9.15 Å². The van der Waals surface area contributed by atoms with Crippen LogP contribution in [0.15, 0.2) is 55.9 Å². The molecule has 218 valence electrons. The molecule has 0 saturated carbocycles. The van der Waals surface area contributed by atoms with Crippen LogP contribution in [0.4, 0.5) is 18.7 Å². The van der Waals surface area contributed by atoms with Crippen LogP contribution < -0.4 is 10.5 Å². The number of nitrogens with zero attached hydrogens (tertiary/aromatic N) is 3. The van der Waals surface area contributed by atoms with Gasteiger partial charge in [-0.25, -0.2) is 31.8 Å². The molecule has 0 spiro atoms. The summed E-state index contributed by atoms with van der Waals surface area (Å²) in [4.78, 5) is 30.2. The summed E-state index contributed by atoms with van der Waals surface area (Å²) < 4.78 is 71.3. The number of hydrogen-bond donors (Lipinski definition) is 1. The molecule has 1 amide bonds. The Morgan fingerprint density at radius 1 is 1.24 bits per heavy atom. The molecule has 2 aromatic carbocycles. The minimum absolute atomic E-state index is 0.105. The predicted octanol–water partition coefficient (Wildman–Crippen LogP) is 5.32. The predicted molar refractivity (Wildman–Crippen MR) is 149 cm³/mol. The highest BCUT2D eigenvalue weighted by Crippen LogP contribution is 2.41. The van der Waals surface area contributed by atoms with Crippen molar-refractivity contribution in [2.75, 3.05) is 17.8 Å². The van der Waals surface area contributed by atoms with Crippen LogP contribution in [0, 0.1) is 12.7 Å². The van der Waals surface area contributed by atoms with E-state index in [2.05, 4.69) is 9.71 Å². The minimum atomic E-state index is -4.24. The molecule has 0 bridgehead atoms. The first kappa shape index (κ1) is 28.7. The van der Waals surface area contributed by atoms with Crippen molar-refractivity contribution in [3.63, 3.8) is 0 Å². The number of thiazole rings is 1. The van der Waals surface area contributed by atoms with Crippen LogP contribution in [0.5, 0.6) is 0 Å². The molecule has 0 radical (unpaired) electrons. The molecule has 2 aromatic heterocycles. The lowest BCUT2D eigenvalue weighted by Crippen LogP contribution is -2.60. The molecular weight excluding hydrogens is 578 g/mol. The highest BCUT2D eigenvalue weighted by Gasteiger charge is 2.50. The van der Waals surface area contributed by atoms with Gasteiger partial charge in [0.1, 0.15) is 11.1 Å². The van der Waals surface area contributed by atoms with Gasteiger partial charge in [0, 0.05) is 11.4 Å². The van der Waals surface area contributed by atoms with Crippen molar-refractivity contribution < 1.29 is 31.1 Å². The first-order chi connectivity index (χ1) is 19.1. The van der Waals surface area contributed by atoms with Crippen LogP contribution in [0.2, 0.25) is 0 Å². The molecule has 1 N–H and O–H groups in total. The summed E-state index contributed by atoms with van der Waals surface area (Å²) in [6.45, 7) is 7.91. The summed E-state index contributed by atoms with van der Waals surface area (Å²) in [6, 6.07) is 7.39. The third-order valence-corrected chi connectivity index (χ3v) is 8.93. The maximum atomic E-state index is 16.1. The Morgan fingerprint density at radius 2 is 1.93 bits per heavy atom. The lowest BCUT2D eigenvalue weighted by molar-refractivity contribution is -0.0542. The van der Waals surface area contributed by atoms with Crippen molar-refractivity contribution in [2.24, 2.45) is 0 Å². The van der Waals surface area contributed by atoms with Crippen LogP contribution in [0.25, 0.3) is 11.1 Å². The van der Waals surface area contributed by atoms with Crippen molar-refractivity contribution in [1.29, 1.82) is 0 Å². The summed E-state index contributed by atoms with van der Waals surface area (Å²) >= 11 is 1.07. The van der Waals surface area contributed by atoms with Gasteiger partial charge in [-0.05, 0) is 51.8 Å². The maximum Gasteiger partial charge on any atom is 0.420 e. The van der Waals surface area contributed by atoms with Gasteiger partial charge in [0.05, 0.1) is 29.7 Å². The number of aromatic nitrogens is 2. The molecule has 1 saturated heterocycles. The summed E-state index contributed by atoms with van der Waals surface area (Å²) in [5.74, 6) is -1.96. The number of rotatable bonds is 6. The van der Waals surface area contributed by atoms with Gasteiger partial charge in [-0.1, -0.05) is 24.3 Å². The fraction of sp³-hybridized carbons (Fsp3) is 0.370. The van der Waals surface area contributed by atoms with Crippen LogP contribution in [0.3, 0.4) is 0 Å². The number of fused-ring (bicyclic) bond motifs is 1. The van der Waals surface area contributed by atoms with Crippen molar-refractivity contribution in [3.05, 3.63) is 75.0 Å². The molecule has 1 aliphatic heterocycles. The van der Waals surface area contributed by atoms with Crippen molar-refractivity contribution in [3.8, 4) is 0 Å². The lowest BCUT2D eigenvalue weighted by Gasteiger charge is -2.45. The average molecular weight is 607 g/mol. The van der Waals surface area contributed by atoms with Crippen LogP contribution in [-0.2, 0) is 20.4 Å². The first-order valence-corrected chi connectivity index (χ1v) is 15.0. The normalized spacial score (nSPS) is 15.9. The number of alkyl halides is 1. The van der Waals surface area contributed by atoms with E-state index in [1.54, 1.807) is 64.3 Å². The second kappa shape index (κ2) is 9.94. The molecule has 5 rings (SSSR count). The van der Waals surface area contributed by atoms with E-state index in [1.165, 1.54) is 4.90 Å². The largest absolute Gasteiger partial charge is 0.444 e. The van der Waals surface area contributed by atoms with Gasteiger partial charge >= 0.3 is 11.8 Å². The Balaban J connectivity index is 1.48. The van der Waals surface area contributed by atoms with E-state index in [0.29, 0.717) is 11.3 Å². The highest BCUT2D eigenvalue weighted by molar-refractivity contribution is 7.93. The van der Waals surface area contributed by atoms with E-state index in [9.17, 15) is 18.0 Å². The molecule has 1 fully saturated rings. The van der Waals surface area contributed by atoms with E-state index in [-0.39, 0.29) is 34.9 Å². The molecule has 1 unspecified atom stereocenters. The SMILES string of the molecule is Cc1csc(NS(=O)(=O)c2cc(F)c3c(c2)oc(=O)n3C(C)c2ccccc2C2(F)CN(C(=O)OC(C)(C)C)C2)n1. The van der Waals surface area contributed by atoms with Crippen molar-refractivity contribution >= 4 is 43.7 Å². The fourth-order valence-electron chi connectivity index (χ4n) is 4.77. The van der Waals surface area contributed by atoms with Crippen molar-refractivity contribution in [1.82, 2.24) is 14.5 Å². The molecule has 14 heteroatoms. The monoisotopic (exact) mass is 606 g/mol. The van der Waals surface area contributed by atoms with Crippen LogP contribution in [0.1, 0.15) is 50.6 Å². The van der Waals surface area contributed by atoms with E-state index < -0.39 is 49.9 Å². The minimum Gasteiger partial charge on any atom is -0.444 e. The Hall–Kier alpha value is -3.78. The number of carbonyl (C=O) groups excluding carboxylic acids is 1. The second-order valence-corrected chi connectivity index (χ2v) is 13.5. The van der Waals surface area contributed by atoms with Gasteiger partial charge in [-0.15, -0.1) is 11.3 Å². The molecular formula is C27H28F2N4O6S2. The van der Waals surface area contributed by atoms with E-state index in [0.717, 1.165) is 28.0 Å². The first-order valence-electron chi connectivity index (χ1n) is 12.6. The van der Waals surface area contributed by atoms with Gasteiger partial charge in [-0.2, -0.15) is 0 Å². The smallest absolute Gasteiger partial charge is 0.420 e. The number of benzene rings is 2. The Labute approximate surface area is 238 Å². The second-order valence-electron chi connectivity index (χ2n) is 11.0. The molecule has 4 aromatic rings. The number of sulfonamides is 1. The van der Waals surface area contributed by atoms with Gasteiger partial charge < -0.3 is 14.1 Å². The number of likely N-dealkylation sites (tertiary alicyclic amines) is 1. The van der Waals surface area contributed by atoms with Gasteiger partial charge in [0.2, 0.25) is 0 Å². The quantitative estimate of drug-likeness (QED) is 0.315. The molecule has 41 heavy (non-hydrogen) atoms. The average Bonchev–Trinajstić information content (AvgIpc) is 3.41. The number of amides is 1. The van der Waals surface area contributed by atoms with Crippen molar-refractivity contribution in [2.45, 2.75) is 56.8 Å².